The molecular formula is C24H28BrIN2O3. The number of hydrogen-bond donors (Lipinski definition) is 0. The zero-order valence-electron chi connectivity index (χ0n) is 18.1. The van der Waals surface area contributed by atoms with Gasteiger partial charge in [-0.05, 0) is 98.2 Å². The van der Waals surface area contributed by atoms with Crippen LogP contribution >= 0.6 is 38.5 Å². The molecule has 31 heavy (non-hydrogen) atoms. The van der Waals surface area contributed by atoms with Crippen LogP contribution in [0.5, 0.6) is 0 Å². The van der Waals surface area contributed by atoms with E-state index in [0.29, 0.717) is 25.2 Å². The van der Waals surface area contributed by atoms with Crippen LogP contribution in [0.1, 0.15) is 49.5 Å². The third-order valence-corrected chi connectivity index (χ3v) is 6.42. The van der Waals surface area contributed by atoms with Gasteiger partial charge in [0, 0.05) is 39.3 Å². The summed E-state index contributed by atoms with van der Waals surface area (Å²) in [5.41, 5.74) is 1.26. The van der Waals surface area contributed by atoms with E-state index >= 15 is 0 Å². The van der Waals surface area contributed by atoms with Crippen molar-refractivity contribution >= 4 is 50.5 Å². The number of hydrogen-bond acceptors (Lipinski definition) is 3. The van der Waals surface area contributed by atoms with E-state index in [2.05, 4.69) is 38.5 Å². The van der Waals surface area contributed by atoms with Gasteiger partial charge in [-0.1, -0.05) is 28.1 Å². The summed E-state index contributed by atoms with van der Waals surface area (Å²) in [6.45, 7) is 7.31. The summed E-state index contributed by atoms with van der Waals surface area (Å²) in [6, 6.07) is 15.8. The van der Waals surface area contributed by atoms with Crippen molar-refractivity contribution in [1.29, 1.82) is 0 Å². The van der Waals surface area contributed by atoms with E-state index in [-0.39, 0.29) is 18.0 Å². The van der Waals surface area contributed by atoms with Crippen LogP contribution in [0.4, 0.5) is 4.79 Å². The molecule has 5 nitrogen and oxygen atoms in total. The summed E-state index contributed by atoms with van der Waals surface area (Å²) in [5, 5.41) is 0. The molecular weight excluding hydrogens is 571 g/mol. The highest BCUT2D eigenvalue weighted by Crippen LogP contribution is 2.24. The van der Waals surface area contributed by atoms with Crippen molar-refractivity contribution in [3.8, 4) is 0 Å². The molecule has 0 radical (unpaired) electrons. The fourth-order valence-electron chi connectivity index (χ4n) is 3.60. The van der Waals surface area contributed by atoms with Gasteiger partial charge in [-0.15, -0.1) is 0 Å². The second-order valence-corrected chi connectivity index (χ2v) is 10.9. The summed E-state index contributed by atoms with van der Waals surface area (Å²) in [5.74, 6) is 0.0232. The molecule has 1 saturated heterocycles. The number of halogens is 2. The number of ether oxygens (including phenoxy) is 1. The van der Waals surface area contributed by atoms with Crippen LogP contribution in [-0.4, -0.2) is 46.5 Å². The van der Waals surface area contributed by atoms with Crippen LogP contribution < -0.4 is 0 Å². The van der Waals surface area contributed by atoms with Crippen molar-refractivity contribution in [2.24, 2.45) is 0 Å². The first kappa shape index (κ1) is 24.0. The van der Waals surface area contributed by atoms with Crippen LogP contribution in [-0.2, 0) is 11.3 Å². The van der Waals surface area contributed by atoms with Crippen molar-refractivity contribution in [2.75, 3.05) is 13.1 Å². The molecule has 0 aromatic heterocycles. The minimum absolute atomic E-state index is 0.0232. The fraction of sp³-hybridized carbons (Fsp3) is 0.417. The molecule has 3 rings (SSSR count). The van der Waals surface area contributed by atoms with E-state index in [1.165, 1.54) is 0 Å². The highest BCUT2D eigenvalue weighted by molar-refractivity contribution is 14.1. The Kier molecular flexibility index (Phi) is 8.02. The van der Waals surface area contributed by atoms with E-state index in [0.717, 1.165) is 26.4 Å². The molecule has 1 heterocycles. The maximum atomic E-state index is 13.4. The van der Waals surface area contributed by atoms with Crippen LogP contribution in [0, 0.1) is 3.57 Å². The topological polar surface area (TPSA) is 49.9 Å². The van der Waals surface area contributed by atoms with Crippen LogP contribution in [0.2, 0.25) is 0 Å². The maximum absolute atomic E-state index is 13.4. The molecule has 0 aliphatic carbocycles. The van der Waals surface area contributed by atoms with Gasteiger partial charge in [0.25, 0.3) is 5.91 Å². The Labute approximate surface area is 206 Å². The number of carbonyl (C=O) groups is 2. The first-order chi connectivity index (χ1) is 14.6. The Bertz CT molecular complexity index is 902. The van der Waals surface area contributed by atoms with Crippen molar-refractivity contribution < 1.29 is 14.3 Å². The largest absolute Gasteiger partial charge is 0.444 e. The average molecular weight is 599 g/mol. The number of carbonyl (C=O) groups excluding carboxylic acids is 2. The normalized spacial score (nSPS) is 14.9. The van der Waals surface area contributed by atoms with Crippen LogP contribution in [0.15, 0.2) is 53.0 Å². The minimum Gasteiger partial charge on any atom is -0.444 e. The third-order valence-electron chi connectivity index (χ3n) is 5.18. The summed E-state index contributed by atoms with van der Waals surface area (Å²) in [7, 11) is 0. The molecule has 2 aromatic rings. The molecule has 0 unspecified atom stereocenters. The highest BCUT2D eigenvalue weighted by atomic mass is 127. The molecule has 0 saturated carbocycles. The molecule has 0 bridgehead atoms. The molecule has 0 atom stereocenters. The lowest BCUT2D eigenvalue weighted by molar-refractivity contribution is 0.0142. The molecule has 7 heteroatoms. The SMILES string of the molecule is CC(C)(C)OC(=O)N1CCC(N(Cc2ccc(Br)cc2)C(=O)c2ccc(I)cc2)CC1. The number of benzene rings is 2. The van der Waals surface area contributed by atoms with Gasteiger partial charge in [0.15, 0.2) is 0 Å². The standard InChI is InChI=1S/C24H28BrIN2O3/c1-24(2,3)31-23(30)27-14-12-21(13-15-27)28(16-17-4-8-19(25)9-5-17)22(29)18-6-10-20(26)11-7-18/h4-11,21H,12-16H2,1-3H3. The summed E-state index contributed by atoms with van der Waals surface area (Å²) >= 11 is 5.71. The van der Waals surface area contributed by atoms with Crippen molar-refractivity contribution in [3.05, 3.63) is 67.7 Å². The molecule has 2 amide bonds. The Balaban J connectivity index is 1.75. The quantitative estimate of drug-likeness (QED) is 0.400. The second kappa shape index (κ2) is 10.3. The first-order valence-corrected chi connectivity index (χ1v) is 12.3. The van der Waals surface area contributed by atoms with E-state index in [1.54, 1.807) is 4.90 Å². The van der Waals surface area contributed by atoms with Gasteiger partial charge >= 0.3 is 6.09 Å². The molecule has 1 aliphatic heterocycles. The molecule has 166 valence electrons. The maximum Gasteiger partial charge on any atom is 0.410 e. The smallest absolute Gasteiger partial charge is 0.410 e. The predicted molar refractivity (Wildman–Crippen MR) is 134 cm³/mol. The van der Waals surface area contributed by atoms with E-state index in [1.807, 2.05) is 74.2 Å². The van der Waals surface area contributed by atoms with Gasteiger partial charge < -0.3 is 14.5 Å². The number of rotatable bonds is 4. The molecule has 2 aromatic carbocycles. The lowest BCUT2D eigenvalue weighted by Gasteiger charge is -2.39. The zero-order chi connectivity index (χ0) is 22.6. The highest BCUT2D eigenvalue weighted by Gasteiger charge is 2.32. The van der Waals surface area contributed by atoms with E-state index in [4.69, 9.17) is 4.74 Å². The van der Waals surface area contributed by atoms with Gasteiger partial charge in [0.2, 0.25) is 0 Å². The summed E-state index contributed by atoms with van der Waals surface area (Å²) in [4.78, 5) is 29.6. The van der Waals surface area contributed by atoms with Gasteiger partial charge in [0.05, 0.1) is 0 Å². The van der Waals surface area contributed by atoms with Gasteiger partial charge in [-0.25, -0.2) is 4.79 Å². The fourth-order valence-corrected chi connectivity index (χ4v) is 4.22. The summed E-state index contributed by atoms with van der Waals surface area (Å²) < 4.78 is 7.62. The Hall–Kier alpha value is -1.61. The molecule has 1 fully saturated rings. The van der Waals surface area contributed by atoms with Gasteiger partial charge in [0.1, 0.15) is 5.60 Å². The van der Waals surface area contributed by atoms with Crippen molar-refractivity contribution in [3.63, 3.8) is 0 Å². The molecule has 0 N–H and O–H groups in total. The number of piperidine rings is 1. The Morgan fingerprint density at radius 1 is 1.06 bits per heavy atom. The van der Waals surface area contributed by atoms with Crippen molar-refractivity contribution in [2.45, 2.75) is 51.8 Å². The summed E-state index contributed by atoms with van der Waals surface area (Å²) in [6.07, 6.45) is 1.17. The van der Waals surface area contributed by atoms with Crippen LogP contribution in [0.3, 0.4) is 0 Å². The Morgan fingerprint density at radius 3 is 2.19 bits per heavy atom. The molecule has 0 spiro atoms. The number of nitrogens with zero attached hydrogens (tertiary/aromatic N) is 2. The third kappa shape index (κ3) is 6.94. The predicted octanol–water partition coefficient (Wildman–Crippen LogP) is 6.10. The van der Waals surface area contributed by atoms with Gasteiger partial charge in [-0.2, -0.15) is 0 Å². The van der Waals surface area contributed by atoms with E-state index in [9.17, 15) is 9.59 Å². The minimum atomic E-state index is -0.512. The van der Waals surface area contributed by atoms with Crippen LogP contribution in [0.25, 0.3) is 0 Å². The molecule has 1 aliphatic rings. The second-order valence-electron chi connectivity index (χ2n) is 8.76. The first-order valence-electron chi connectivity index (χ1n) is 10.4. The lowest BCUT2D eigenvalue weighted by atomic mass is 10.0. The average Bonchev–Trinajstić information content (AvgIpc) is 2.72. The zero-order valence-corrected chi connectivity index (χ0v) is 21.9. The van der Waals surface area contributed by atoms with E-state index < -0.39 is 5.60 Å². The monoisotopic (exact) mass is 598 g/mol. The van der Waals surface area contributed by atoms with Gasteiger partial charge in [-0.3, -0.25) is 4.79 Å². The lowest BCUT2D eigenvalue weighted by Crippen LogP contribution is -2.49. The van der Waals surface area contributed by atoms with Crippen molar-refractivity contribution in [1.82, 2.24) is 9.80 Å². The number of amides is 2. The Morgan fingerprint density at radius 2 is 1.65 bits per heavy atom. The number of likely N-dealkylation sites (tertiary alicyclic amines) is 1.